The lowest BCUT2D eigenvalue weighted by Gasteiger charge is -2.28. The molecule has 3 aromatic rings. The summed E-state index contributed by atoms with van der Waals surface area (Å²) in [6.45, 7) is 0.568. The summed E-state index contributed by atoms with van der Waals surface area (Å²) in [5, 5.41) is 0. The lowest BCUT2D eigenvalue weighted by Crippen LogP contribution is -2.32. The molecule has 8 heteroatoms. The van der Waals surface area contributed by atoms with Gasteiger partial charge in [0.15, 0.2) is 5.78 Å². The molecule has 1 saturated heterocycles. The van der Waals surface area contributed by atoms with Gasteiger partial charge in [0.2, 0.25) is 5.79 Å². The normalized spacial score (nSPS) is 20.3. The number of aromatic amines is 1. The van der Waals surface area contributed by atoms with Crippen LogP contribution in [0.1, 0.15) is 21.7 Å². The Bertz CT molecular complexity index is 1080. The molecule has 172 valence electrons. The third kappa shape index (κ3) is 5.66. The number of halogens is 1. The third-order valence-corrected chi connectivity index (χ3v) is 5.20. The van der Waals surface area contributed by atoms with E-state index in [1.807, 2.05) is 14.1 Å². The standard InChI is InChI=1S/C25H26FN3O4/c1-29(2)14-11-23(30)18-3-9-21(10-4-18)31-16-22-17-32-25(33-22,15-24-27-12-13-28-24)19-5-7-20(26)8-6-19/h3-14,22H,15-17H2,1-2H3,(H,27,28). The van der Waals surface area contributed by atoms with Crippen LogP contribution in [0.2, 0.25) is 0 Å². The average Bonchev–Trinajstić information content (AvgIpc) is 3.48. The number of H-pyrrole nitrogens is 1. The van der Waals surface area contributed by atoms with E-state index in [9.17, 15) is 9.18 Å². The van der Waals surface area contributed by atoms with Crippen molar-refractivity contribution in [1.82, 2.24) is 14.9 Å². The number of imidazole rings is 1. The van der Waals surface area contributed by atoms with Crippen molar-refractivity contribution >= 4 is 5.78 Å². The van der Waals surface area contributed by atoms with E-state index in [2.05, 4.69) is 9.97 Å². The summed E-state index contributed by atoms with van der Waals surface area (Å²) in [4.78, 5) is 21.3. The predicted octanol–water partition coefficient (Wildman–Crippen LogP) is 3.70. The summed E-state index contributed by atoms with van der Waals surface area (Å²) in [5.41, 5.74) is 1.28. The number of carbonyl (C=O) groups is 1. The maximum Gasteiger partial charge on any atom is 0.202 e. The highest BCUT2D eigenvalue weighted by Crippen LogP contribution is 2.37. The Hall–Kier alpha value is -3.49. The first-order valence-corrected chi connectivity index (χ1v) is 10.6. The molecule has 0 spiro atoms. The minimum atomic E-state index is -1.09. The Morgan fingerprint density at radius 1 is 1.24 bits per heavy atom. The smallest absolute Gasteiger partial charge is 0.202 e. The topological polar surface area (TPSA) is 76.7 Å². The second kappa shape index (κ2) is 9.97. The Kier molecular flexibility index (Phi) is 6.86. The largest absolute Gasteiger partial charge is 0.491 e. The quantitative estimate of drug-likeness (QED) is 0.395. The van der Waals surface area contributed by atoms with E-state index in [4.69, 9.17) is 14.2 Å². The van der Waals surface area contributed by atoms with Crippen LogP contribution < -0.4 is 4.74 Å². The van der Waals surface area contributed by atoms with E-state index >= 15 is 0 Å². The summed E-state index contributed by atoms with van der Waals surface area (Å²) in [7, 11) is 3.71. The summed E-state index contributed by atoms with van der Waals surface area (Å²) < 4.78 is 31.7. The van der Waals surface area contributed by atoms with Gasteiger partial charge in [-0.15, -0.1) is 0 Å². The third-order valence-electron chi connectivity index (χ3n) is 5.20. The number of hydrogen-bond donors (Lipinski definition) is 1. The maximum atomic E-state index is 13.5. The van der Waals surface area contributed by atoms with Crippen molar-refractivity contribution in [2.45, 2.75) is 18.3 Å². The van der Waals surface area contributed by atoms with Gasteiger partial charge >= 0.3 is 0 Å². The molecule has 33 heavy (non-hydrogen) atoms. The first-order valence-electron chi connectivity index (χ1n) is 10.6. The van der Waals surface area contributed by atoms with E-state index in [0.29, 0.717) is 35.7 Å². The Labute approximate surface area is 191 Å². The lowest BCUT2D eigenvalue weighted by atomic mass is 10.0. The van der Waals surface area contributed by atoms with Gasteiger partial charge < -0.3 is 24.1 Å². The van der Waals surface area contributed by atoms with E-state index in [1.54, 1.807) is 59.9 Å². The second-order valence-electron chi connectivity index (χ2n) is 8.00. The van der Waals surface area contributed by atoms with Gasteiger partial charge in [-0.25, -0.2) is 9.37 Å². The molecule has 0 amide bonds. The van der Waals surface area contributed by atoms with Crippen LogP contribution >= 0.6 is 0 Å². The maximum absolute atomic E-state index is 13.5. The molecule has 0 radical (unpaired) electrons. The number of nitrogens with zero attached hydrogens (tertiary/aromatic N) is 2. The highest BCUT2D eigenvalue weighted by molar-refractivity contribution is 6.04. The van der Waals surface area contributed by atoms with Crippen LogP contribution in [0.25, 0.3) is 0 Å². The van der Waals surface area contributed by atoms with Crippen molar-refractivity contribution in [2.75, 3.05) is 27.3 Å². The van der Waals surface area contributed by atoms with E-state index in [0.717, 1.165) is 0 Å². The SMILES string of the molecule is CN(C)C=CC(=O)c1ccc(OCC2COC(Cc3ncc[nH]3)(c3ccc(F)cc3)O2)cc1. The Morgan fingerprint density at radius 3 is 2.67 bits per heavy atom. The number of ether oxygens (including phenoxy) is 3. The average molecular weight is 451 g/mol. The van der Waals surface area contributed by atoms with Crippen LogP contribution in [0.4, 0.5) is 4.39 Å². The minimum Gasteiger partial charge on any atom is -0.491 e. The molecule has 1 aromatic heterocycles. The highest BCUT2D eigenvalue weighted by Gasteiger charge is 2.44. The van der Waals surface area contributed by atoms with Crippen LogP contribution in [0, 0.1) is 5.82 Å². The zero-order valence-corrected chi connectivity index (χ0v) is 18.5. The molecule has 0 aliphatic carbocycles. The molecule has 7 nitrogen and oxygen atoms in total. The molecule has 0 saturated carbocycles. The fourth-order valence-corrected chi connectivity index (χ4v) is 3.53. The summed E-state index contributed by atoms with van der Waals surface area (Å²) in [5.74, 6) is -0.176. The van der Waals surface area contributed by atoms with Crippen molar-refractivity contribution in [1.29, 1.82) is 0 Å². The van der Waals surface area contributed by atoms with Gasteiger partial charge in [-0.3, -0.25) is 4.79 Å². The number of aromatic nitrogens is 2. The summed E-state index contributed by atoms with van der Waals surface area (Å²) >= 11 is 0. The van der Waals surface area contributed by atoms with Crippen LogP contribution in [-0.2, 0) is 21.7 Å². The molecule has 1 aliphatic heterocycles. The summed E-state index contributed by atoms with van der Waals surface area (Å²) in [6.07, 6.45) is 6.63. The molecule has 4 rings (SSSR count). The van der Waals surface area contributed by atoms with Crippen molar-refractivity contribution in [3.05, 3.63) is 96.0 Å². The fraction of sp³-hybridized carbons (Fsp3) is 0.280. The highest BCUT2D eigenvalue weighted by atomic mass is 19.1. The van der Waals surface area contributed by atoms with Crippen LogP contribution in [0.3, 0.4) is 0 Å². The second-order valence-corrected chi connectivity index (χ2v) is 8.00. The molecule has 2 heterocycles. The molecule has 1 N–H and O–H groups in total. The molecule has 2 unspecified atom stereocenters. The van der Waals surface area contributed by atoms with Crippen LogP contribution in [0.15, 0.2) is 73.2 Å². The van der Waals surface area contributed by atoms with E-state index in [-0.39, 0.29) is 24.3 Å². The number of allylic oxidation sites excluding steroid dienone is 1. The minimum absolute atomic E-state index is 0.0789. The number of rotatable bonds is 9. The van der Waals surface area contributed by atoms with E-state index < -0.39 is 5.79 Å². The van der Waals surface area contributed by atoms with E-state index in [1.165, 1.54) is 18.2 Å². The van der Waals surface area contributed by atoms with Gasteiger partial charge in [0.1, 0.15) is 30.1 Å². The van der Waals surface area contributed by atoms with Crippen molar-refractivity contribution in [2.24, 2.45) is 0 Å². The molecule has 2 atom stereocenters. The summed E-state index contributed by atoms with van der Waals surface area (Å²) in [6, 6.07) is 13.0. The first kappa shape index (κ1) is 22.7. The van der Waals surface area contributed by atoms with Crippen LogP contribution in [0.5, 0.6) is 5.75 Å². The van der Waals surface area contributed by atoms with Gasteiger partial charge in [-0.1, -0.05) is 12.1 Å². The Morgan fingerprint density at radius 2 is 2.00 bits per heavy atom. The van der Waals surface area contributed by atoms with Crippen molar-refractivity contribution in [3.8, 4) is 5.75 Å². The molecule has 0 bridgehead atoms. The molecular weight excluding hydrogens is 425 g/mol. The monoisotopic (exact) mass is 451 g/mol. The van der Waals surface area contributed by atoms with Gasteiger partial charge in [-0.05, 0) is 36.4 Å². The molecule has 1 aliphatic rings. The van der Waals surface area contributed by atoms with Gasteiger partial charge in [0.05, 0.1) is 13.0 Å². The van der Waals surface area contributed by atoms with Gasteiger partial charge in [0.25, 0.3) is 0 Å². The van der Waals surface area contributed by atoms with Crippen molar-refractivity contribution < 1.29 is 23.4 Å². The molecule has 1 fully saturated rings. The number of carbonyl (C=O) groups excluding carboxylic acids is 1. The van der Waals surface area contributed by atoms with Gasteiger partial charge in [-0.2, -0.15) is 0 Å². The zero-order valence-electron chi connectivity index (χ0n) is 18.5. The van der Waals surface area contributed by atoms with Crippen LogP contribution in [-0.4, -0.2) is 54.1 Å². The lowest BCUT2D eigenvalue weighted by molar-refractivity contribution is -0.179. The van der Waals surface area contributed by atoms with Crippen molar-refractivity contribution in [3.63, 3.8) is 0 Å². The number of ketones is 1. The number of nitrogens with one attached hydrogen (secondary N) is 1. The number of hydrogen-bond acceptors (Lipinski definition) is 6. The molecule has 2 aromatic carbocycles. The fourth-order valence-electron chi connectivity index (χ4n) is 3.53. The first-order chi connectivity index (χ1) is 15.9. The Balaban J connectivity index is 1.40. The zero-order chi connectivity index (χ0) is 23.3. The molecular formula is C25H26FN3O4. The number of benzene rings is 2. The predicted molar refractivity (Wildman–Crippen MR) is 120 cm³/mol. The van der Waals surface area contributed by atoms with Gasteiger partial charge in [0, 0.05) is 49.9 Å².